The van der Waals surface area contributed by atoms with Crippen LogP contribution in [0.15, 0.2) is 22.7 Å². The number of thiocarbonyl (C=S) groups is 1. The molecule has 17 heavy (non-hydrogen) atoms. The monoisotopic (exact) mass is 316 g/mol. The normalized spacial score (nSPS) is 10.3. The Bertz CT molecular complexity index is 398. The van der Waals surface area contributed by atoms with Crippen molar-refractivity contribution in [3.05, 3.63) is 28.2 Å². The van der Waals surface area contributed by atoms with E-state index >= 15 is 0 Å². The van der Waals surface area contributed by atoms with Crippen LogP contribution in [0.4, 0.5) is 5.69 Å². The number of ether oxygens (including phenoxy) is 1. The smallest absolute Gasteiger partial charge is 0.105 e. The Labute approximate surface area is 116 Å². The standard InChI is InChI=1S/C12H17BrN2OS/c1-3-16-7-6-15(2)9-4-5-10(12(14)17)11(13)8-9/h4-5,8H,3,6-7H2,1-2H3,(H2,14,17). The third-order valence-electron chi connectivity index (χ3n) is 2.43. The molecule has 0 unspecified atom stereocenters. The summed E-state index contributed by atoms with van der Waals surface area (Å²) >= 11 is 8.43. The van der Waals surface area contributed by atoms with Crippen molar-refractivity contribution in [2.75, 3.05) is 31.7 Å². The third kappa shape index (κ3) is 4.26. The molecule has 0 aromatic heterocycles. The molecule has 0 spiro atoms. The second-order valence-corrected chi connectivity index (χ2v) is 4.94. The Morgan fingerprint density at radius 3 is 2.76 bits per heavy atom. The van der Waals surface area contributed by atoms with Gasteiger partial charge in [0, 0.05) is 35.9 Å². The van der Waals surface area contributed by atoms with E-state index in [0.29, 0.717) is 4.99 Å². The molecule has 0 saturated carbocycles. The minimum atomic E-state index is 0.403. The molecule has 3 nitrogen and oxygen atoms in total. The first-order chi connectivity index (χ1) is 8.06. The molecular weight excluding hydrogens is 300 g/mol. The van der Waals surface area contributed by atoms with Gasteiger partial charge in [0.15, 0.2) is 0 Å². The molecule has 1 aromatic carbocycles. The lowest BCUT2D eigenvalue weighted by Crippen LogP contribution is -2.22. The number of nitrogens with zero attached hydrogens (tertiary/aromatic N) is 1. The highest BCUT2D eigenvalue weighted by Crippen LogP contribution is 2.23. The van der Waals surface area contributed by atoms with Gasteiger partial charge in [0.1, 0.15) is 4.99 Å². The fourth-order valence-electron chi connectivity index (χ4n) is 1.42. The lowest BCUT2D eigenvalue weighted by Gasteiger charge is -2.20. The molecule has 94 valence electrons. The van der Waals surface area contributed by atoms with E-state index in [-0.39, 0.29) is 0 Å². The van der Waals surface area contributed by atoms with Gasteiger partial charge in [0.05, 0.1) is 6.61 Å². The van der Waals surface area contributed by atoms with Crippen molar-refractivity contribution in [2.45, 2.75) is 6.92 Å². The van der Waals surface area contributed by atoms with Crippen LogP contribution in [0, 0.1) is 0 Å². The third-order valence-corrected chi connectivity index (χ3v) is 3.31. The van der Waals surface area contributed by atoms with E-state index in [9.17, 15) is 0 Å². The Hall–Kier alpha value is -0.650. The Morgan fingerprint density at radius 1 is 1.53 bits per heavy atom. The largest absolute Gasteiger partial charge is 0.389 e. The lowest BCUT2D eigenvalue weighted by atomic mass is 10.2. The van der Waals surface area contributed by atoms with Crippen molar-refractivity contribution in [3.8, 4) is 0 Å². The van der Waals surface area contributed by atoms with Gasteiger partial charge in [-0.1, -0.05) is 12.2 Å². The van der Waals surface area contributed by atoms with Crippen LogP contribution in [-0.4, -0.2) is 31.8 Å². The van der Waals surface area contributed by atoms with Crippen LogP contribution in [0.1, 0.15) is 12.5 Å². The topological polar surface area (TPSA) is 38.5 Å². The van der Waals surface area contributed by atoms with Gasteiger partial charge in [0.25, 0.3) is 0 Å². The quantitative estimate of drug-likeness (QED) is 0.646. The van der Waals surface area contributed by atoms with Gasteiger partial charge in [-0.05, 0) is 41.1 Å². The summed E-state index contributed by atoms with van der Waals surface area (Å²) in [5.74, 6) is 0. The second kappa shape index (κ2) is 6.93. The van der Waals surface area contributed by atoms with Crippen LogP contribution in [0.2, 0.25) is 0 Å². The molecule has 2 N–H and O–H groups in total. The number of likely N-dealkylation sites (N-methyl/N-ethyl adjacent to an activating group) is 1. The van der Waals surface area contributed by atoms with E-state index < -0.39 is 0 Å². The van der Waals surface area contributed by atoms with Gasteiger partial charge < -0.3 is 15.4 Å². The Morgan fingerprint density at radius 2 is 2.24 bits per heavy atom. The van der Waals surface area contributed by atoms with Gasteiger partial charge in [-0.2, -0.15) is 0 Å². The van der Waals surface area contributed by atoms with Crippen LogP contribution in [0.3, 0.4) is 0 Å². The minimum absolute atomic E-state index is 0.403. The van der Waals surface area contributed by atoms with Crippen LogP contribution >= 0.6 is 28.1 Å². The molecule has 0 radical (unpaired) electrons. The Kier molecular flexibility index (Phi) is 5.88. The average molecular weight is 317 g/mol. The van der Waals surface area contributed by atoms with Gasteiger partial charge in [-0.15, -0.1) is 0 Å². The maximum Gasteiger partial charge on any atom is 0.105 e. The van der Waals surface area contributed by atoms with Gasteiger partial charge in [-0.25, -0.2) is 0 Å². The predicted molar refractivity (Wildman–Crippen MR) is 79.8 cm³/mol. The number of benzene rings is 1. The first-order valence-electron chi connectivity index (χ1n) is 5.44. The first kappa shape index (κ1) is 14.4. The molecule has 0 fully saturated rings. The van der Waals surface area contributed by atoms with E-state index in [0.717, 1.165) is 35.5 Å². The summed E-state index contributed by atoms with van der Waals surface area (Å²) in [5.41, 5.74) is 7.58. The number of anilines is 1. The van der Waals surface area contributed by atoms with E-state index in [1.165, 1.54) is 0 Å². The summed E-state index contributed by atoms with van der Waals surface area (Å²) in [5, 5.41) is 0. The fourth-order valence-corrected chi connectivity index (χ4v) is 2.31. The van der Waals surface area contributed by atoms with Crippen molar-refractivity contribution in [2.24, 2.45) is 5.73 Å². The molecule has 0 saturated heterocycles. The summed E-state index contributed by atoms with van der Waals surface area (Å²) < 4.78 is 6.25. The molecule has 0 aliphatic heterocycles. The molecule has 1 rings (SSSR count). The highest BCUT2D eigenvalue weighted by molar-refractivity contribution is 9.10. The number of nitrogens with two attached hydrogens (primary N) is 1. The zero-order valence-corrected chi connectivity index (χ0v) is 12.5. The summed E-state index contributed by atoms with van der Waals surface area (Å²) in [6.07, 6.45) is 0. The molecule has 1 aromatic rings. The summed E-state index contributed by atoms with van der Waals surface area (Å²) in [7, 11) is 2.03. The molecule has 0 bridgehead atoms. The van der Waals surface area contributed by atoms with Crippen molar-refractivity contribution in [1.29, 1.82) is 0 Å². The van der Waals surface area contributed by atoms with Gasteiger partial charge in [-0.3, -0.25) is 0 Å². The second-order valence-electron chi connectivity index (χ2n) is 3.65. The highest BCUT2D eigenvalue weighted by atomic mass is 79.9. The molecule has 0 heterocycles. The van der Waals surface area contributed by atoms with Crippen molar-refractivity contribution in [1.82, 2.24) is 0 Å². The van der Waals surface area contributed by atoms with Crippen molar-refractivity contribution >= 4 is 38.8 Å². The molecule has 0 amide bonds. The summed E-state index contributed by atoms with van der Waals surface area (Å²) in [6, 6.07) is 5.95. The fraction of sp³-hybridized carbons (Fsp3) is 0.417. The number of hydrogen-bond donors (Lipinski definition) is 1. The van der Waals surface area contributed by atoms with Crippen LogP contribution in [0.25, 0.3) is 0 Å². The number of halogens is 1. The van der Waals surface area contributed by atoms with Crippen molar-refractivity contribution < 1.29 is 4.74 Å². The average Bonchev–Trinajstić information content (AvgIpc) is 2.28. The summed E-state index contributed by atoms with van der Waals surface area (Å²) in [4.78, 5) is 2.53. The number of hydrogen-bond acceptors (Lipinski definition) is 3. The zero-order chi connectivity index (χ0) is 12.8. The molecule has 0 aliphatic carbocycles. The van der Waals surface area contributed by atoms with E-state index in [2.05, 4.69) is 20.8 Å². The SMILES string of the molecule is CCOCCN(C)c1ccc(C(N)=S)c(Br)c1. The van der Waals surface area contributed by atoms with E-state index in [1.54, 1.807) is 0 Å². The van der Waals surface area contributed by atoms with Gasteiger partial charge >= 0.3 is 0 Å². The van der Waals surface area contributed by atoms with Crippen LogP contribution in [0.5, 0.6) is 0 Å². The lowest BCUT2D eigenvalue weighted by molar-refractivity contribution is 0.154. The van der Waals surface area contributed by atoms with E-state index in [4.69, 9.17) is 22.7 Å². The molecule has 0 atom stereocenters. The number of rotatable bonds is 6. The maximum absolute atomic E-state index is 5.61. The molecule has 5 heteroatoms. The maximum atomic E-state index is 5.61. The predicted octanol–water partition coefficient (Wildman–Crippen LogP) is 2.56. The minimum Gasteiger partial charge on any atom is -0.389 e. The van der Waals surface area contributed by atoms with Gasteiger partial charge in [0.2, 0.25) is 0 Å². The van der Waals surface area contributed by atoms with Crippen LogP contribution in [-0.2, 0) is 4.74 Å². The summed E-state index contributed by atoms with van der Waals surface area (Å²) in [6.45, 7) is 4.32. The zero-order valence-electron chi connectivity index (χ0n) is 10.1. The first-order valence-corrected chi connectivity index (χ1v) is 6.64. The van der Waals surface area contributed by atoms with Crippen LogP contribution < -0.4 is 10.6 Å². The molecular formula is C12H17BrN2OS. The Balaban J connectivity index is 2.72. The molecule has 0 aliphatic rings. The van der Waals surface area contributed by atoms with E-state index in [1.807, 2.05) is 32.2 Å². The van der Waals surface area contributed by atoms with Crippen molar-refractivity contribution in [3.63, 3.8) is 0 Å². The highest BCUT2D eigenvalue weighted by Gasteiger charge is 2.06.